The summed E-state index contributed by atoms with van der Waals surface area (Å²) in [7, 11) is -3.66. The molecule has 0 saturated carbocycles. The van der Waals surface area contributed by atoms with Crippen molar-refractivity contribution in [3.8, 4) is 5.69 Å². The Morgan fingerprint density at radius 1 is 0.881 bits per heavy atom. The van der Waals surface area contributed by atoms with Crippen LogP contribution in [0.1, 0.15) is 30.0 Å². The second kappa shape index (κ2) is 13.7. The Kier molecular flexibility index (Phi) is 10.0. The minimum Gasteiger partial charge on any atom is -0.345 e. The van der Waals surface area contributed by atoms with Crippen LogP contribution < -0.4 is 10.6 Å². The van der Waals surface area contributed by atoms with Gasteiger partial charge in [0.2, 0.25) is 15.9 Å². The van der Waals surface area contributed by atoms with E-state index in [1.807, 2.05) is 0 Å². The Balaban J connectivity index is 1.47. The first-order valence-corrected chi connectivity index (χ1v) is 15.3. The zero-order chi connectivity index (χ0) is 30.3. The fraction of sp³-hybridized carbons (Fsp3) is 0.214. The molecule has 0 atom stereocenters. The van der Waals surface area contributed by atoms with Crippen molar-refractivity contribution >= 4 is 39.3 Å². The van der Waals surface area contributed by atoms with E-state index < -0.39 is 27.6 Å². The molecular formula is C28H28F2N6O4S2. The molecule has 0 spiro atoms. The van der Waals surface area contributed by atoms with Crippen molar-refractivity contribution in [1.29, 1.82) is 0 Å². The quantitative estimate of drug-likeness (QED) is 0.229. The van der Waals surface area contributed by atoms with Crippen molar-refractivity contribution in [2.75, 3.05) is 24.2 Å². The summed E-state index contributed by atoms with van der Waals surface area (Å²) in [5.74, 6) is -1.43. The number of sulfonamides is 1. The van der Waals surface area contributed by atoms with Crippen molar-refractivity contribution in [2.24, 2.45) is 0 Å². The van der Waals surface area contributed by atoms with Crippen molar-refractivity contribution < 1.29 is 26.8 Å². The molecule has 0 unspecified atom stereocenters. The van der Waals surface area contributed by atoms with Crippen LogP contribution in [0, 0.1) is 11.6 Å². The maximum absolute atomic E-state index is 13.6. The average molecular weight is 615 g/mol. The Labute approximate surface area is 246 Å². The molecule has 220 valence electrons. The molecule has 0 radical (unpaired) electrons. The van der Waals surface area contributed by atoms with Gasteiger partial charge in [0.05, 0.1) is 17.2 Å². The van der Waals surface area contributed by atoms with Crippen LogP contribution >= 0.6 is 11.8 Å². The van der Waals surface area contributed by atoms with E-state index >= 15 is 0 Å². The van der Waals surface area contributed by atoms with Gasteiger partial charge < -0.3 is 10.6 Å². The van der Waals surface area contributed by atoms with Crippen LogP contribution in [0.25, 0.3) is 5.69 Å². The third kappa shape index (κ3) is 7.38. The van der Waals surface area contributed by atoms with Crippen LogP contribution in [-0.2, 0) is 21.4 Å². The fourth-order valence-electron chi connectivity index (χ4n) is 3.97. The number of carbonyl (C=O) groups excluding carboxylic acids is 2. The lowest BCUT2D eigenvalue weighted by atomic mass is 10.2. The highest BCUT2D eigenvalue weighted by Gasteiger charge is 2.22. The second-order valence-corrected chi connectivity index (χ2v) is 11.7. The van der Waals surface area contributed by atoms with Crippen LogP contribution in [0.15, 0.2) is 82.8 Å². The topological polar surface area (TPSA) is 126 Å². The number of hydrogen-bond acceptors (Lipinski definition) is 7. The van der Waals surface area contributed by atoms with Crippen LogP contribution in [-0.4, -0.2) is 58.1 Å². The number of hydrogen-bond donors (Lipinski definition) is 2. The third-order valence-corrected chi connectivity index (χ3v) is 9.11. The Morgan fingerprint density at radius 3 is 2.07 bits per heavy atom. The molecule has 2 amide bonds. The van der Waals surface area contributed by atoms with E-state index in [2.05, 4.69) is 20.8 Å². The molecule has 14 heteroatoms. The number of rotatable bonds is 12. The van der Waals surface area contributed by atoms with Gasteiger partial charge in [0, 0.05) is 30.0 Å². The van der Waals surface area contributed by atoms with Crippen LogP contribution in [0.4, 0.5) is 14.5 Å². The lowest BCUT2D eigenvalue weighted by molar-refractivity contribution is -0.113. The zero-order valence-corrected chi connectivity index (χ0v) is 24.4. The largest absolute Gasteiger partial charge is 0.345 e. The van der Waals surface area contributed by atoms with Gasteiger partial charge >= 0.3 is 0 Å². The zero-order valence-electron chi connectivity index (χ0n) is 22.8. The second-order valence-electron chi connectivity index (χ2n) is 8.85. The molecule has 0 aliphatic carbocycles. The Hall–Kier alpha value is -4.14. The predicted octanol–water partition coefficient (Wildman–Crippen LogP) is 4.24. The minimum atomic E-state index is -3.66. The molecule has 4 rings (SSSR count). The molecule has 0 aliphatic heterocycles. The number of amides is 2. The van der Waals surface area contributed by atoms with Gasteiger partial charge in [0.1, 0.15) is 11.6 Å². The highest BCUT2D eigenvalue weighted by Crippen LogP contribution is 2.23. The normalized spacial score (nSPS) is 11.5. The van der Waals surface area contributed by atoms with Gasteiger partial charge in [-0.15, -0.1) is 10.2 Å². The Morgan fingerprint density at radius 2 is 1.48 bits per heavy atom. The van der Waals surface area contributed by atoms with Crippen molar-refractivity contribution in [2.45, 2.75) is 30.4 Å². The van der Waals surface area contributed by atoms with Crippen molar-refractivity contribution in [1.82, 2.24) is 24.4 Å². The third-order valence-electron chi connectivity index (χ3n) is 6.11. The molecule has 1 heterocycles. The van der Waals surface area contributed by atoms with E-state index in [9.17, 15) is 26.8 Å². The molecule has 0 fully saturated rings. The van der Waals surface area contributed by atoms with Crippen molar-refractivity contribution in [3.05, 3.63) is 95.8 Å². The SMILES string of the molecule is CCN(CC)S(=O)(=O)c1ccc(C(=O)NCc2nnc(SCC(=O)Nc3ccc(F)cc3)n2-c2ccc(F)cc2)cc1. The summed E-state index contributed by atoms with van der Waals surface area (Å²) in [5.41, 5.74) is 1.19. The number of carbonyl (C=O) groups is 2. The van der Waals surface area contributed by atoms with E-state index in [4.69, 9.17) is 0 Å². The smallest absolute Gasteiger partial charge is 0.251 e. The lowest BCUT2D eigenvalue weighted by Gasteiger charge is -2.18. The van der Waals surface area contributed by atoms with Crippen LogP contribution in [0.5, 0.6) is 0 Å². The highest BCUT2D eigenvalue weighted by molar-refractivity contribution is 7.99. The number of nitrogens with one attached hydrogen (secondary N) is 2. The Bertz CT molecular complexity index is 1640. The van der Waals surface area contributed by atoms with E-state index in [0.29, 0.717) is 35.4 Å². The molecule has 42 heavy (non-hydrogen) atoms. The van der Waals surface area contributed by atoms with Gasteiger partial charge in [-0.2, -0.15) is 4.31 Å². The monoisotopic (exact) mass is 614 g/mol. The fourth-order valence-corrected chi connectivity index (χ4v) is 6.20. The molecule has 1 aromatic heterocycles. The van der Waals surface area contributed by atoms with Gasteiger partial charge in [-0.1, -0.05) is 25.6 Å². The standard InChI is InChI=1S/C28H28F2N6O4S2/c1-3-35(4-2)42(39,40)24-15-5-19(6-16-24)27(38)31-17-25-33-34-28(36(25)23-13-9-21(30)10-14-23)41-18-26(37)32-22-11-7-20(29)8-12-22/h5-16H,3-4,17-18H2,1-2H3,(H,31,38)(H,32,37). The van der Waals surface area contributed by atoms with Crippen molar-refractivity contribution in [3.63, 3.8) is 0 Å². The molecule has 0 bridgehead atoms. The number of anilines is 1. The number of aromatic nitrogens is 3. The minimum absolute atomic E-state index is 0.0498. The molecule has 4 aromatic rings. The maximum atomic E-state index is 13.6. The van der Waals surface area contributed by atoms with E-state index in [1.54, 1.807) is 18.4 Å². The summed E-state index contributed by atoms with van der Waals surface area (Å²) in [5, 5.41) is 14.1. The van der Waals surface area contributed by atoms with Gasteiger partial charge in [0.25, 0.3) is 5.91 Å². The molecule has 10 nitrogen and oxygen atoms in total. The first-order chi connectivity index (χ1) is 20.1. The summed E-state index contributed by atoms with van der Waals surface area (Å²) in [6.45, 7) is 4.09. The molecule has 3 aromatic carbocycles. The lowest BCUT2D eigenvalue weighted by Crippen LogP contribution is -2.30. The van der Waals surface area contributed by atoms with Gasteiger partial charge in [0.15, 0.2) is 11.0 Å². The highest BCUT2D eigenvalue weighted by atomic mass is 32.2. The summed E-state index contributed by atoms with van der Waals surface area (Å²) in [6.07, 6.45) is 0. The first-order valence-electron chi connectivity index (χ1n) is 12.9. The summed E-state index contributed by atoms with van der Waals surface area (Å²) >= 11 is 1.07. The first kappa shape index (κ1) is 30.8. The van der Waals surface area contributed by atoms with Gasteiger partial charge in [-0.05, 0) is 72.8 Å². The van der Waals surface area contributed by atoms with Crippen LogP contribution in [0.2, 0.25) is 0 Å². The number of nitrogens with zero attached hydrogens (tertiary/aromatic N) is 4. The van der Waals surface area contributed by atoms with E-state index in [-0.39, 0.29) is 28.7 Å². The number of thioether (sulfide) groups is 1. The molecule has 0 saturated heterocycles. The summed E-state index contributed by atoms with van der Waals surface area (Å²) < 4.78 is 55.1. The average Bonchev–Trinajstić information content (AvgIpc) is 3.39. The number of halogens is 2. The van der Waals surface area contributed by atoms with E-state index in [0.717, 1.165) is 11.8 Å². The summed E-state index contributed by atoms with van der Waals surface area (Å²) in [6, 6.07) is 16.5. The number of benzene rings is 3. The maximum Gasteiger partial charge on any atom is 0.251 e. The predicted molar refractivity (Wildman–Crippen MR) is 155 cm³/mol. The van der Waals surface area contributed by atoms with E-state index in [1.165, 1.54) is 77.1 Å². The molecule has 0 aliphatic rings. The molecule has 2 N–H and O–H groups in total. The van der Waals surface area contributed by atoms with Gasteiger partial charge in [-0.25, -0.2) is 17.2 Å². The van der Waals surface area contributed by atoms with Gasteiger partial charge in [-0.3, -0.25) is 14.2 Å². The summed E-state index contributed by atoms with van der Waals surface area (Å²) in [4.78, 5) is 25.4. The molecular weight excluding hydrogens is 586 g/mol. The van der Waals surface area contributed by atoms with Crippen LogP contribution in [0.3, 0.4) is 0 Å².